The molecule has 0 saturated carbocycles. The maximum Gasteiger partial charge on any atom is 0.234 e. The Balaban J connectivity index is 2.36. The van der Waals surface area contributed by atoms with E-state index >= 15 is 0 Å². The topological polar surface area (TPSA) is 94.6 Å². The summed E-state index contributed by atoms with van der Waals surface area (Å²) in [6.45, 7) is 0. The highest BCUT2D eigenvalue weighted by Gasteiger charge is 2.30. The number of nitrogens with zero attached hydrogens (tertiary/aromatic N) is 1. The molecule has 1 saturated heterocycles. The van der Waals surface area contributed by atoms with E-state index in [1.54, 1.807) is 0 Å². The molecule has 2 amide bonds. The Kier molecular flexibility index (Phi) is 2.72. The van der Waals surface area contributed by atoms with E-state index in [-0.39, 0.29) is 35.2 Å². The minimum absolute atomic E-state index is 0.153. The van der Waals surface area contributed by atoms with Gasteiger partial charge in [-0.05, 0) is 24.3 Å². The third kappa shape index (κ3) is 2.20. The van der Waals surface area contributed by atoms with Crippen molar-refractivity contribution in [1.82, 2.24) is 0 Å². The number of rotatable bonds is 2. The zero-order chi connectivity index (χ0) is 12.6. The van der Waals surface area contributed by atoms with Crippen LogP contribution in [0.4, 0.5) is 5.69 Å². The monoisotopic (exact) mass is 254 g/mol. The predicted octanol–water partition coefficient (Wildman–Crippen LogP) is 0.244. The van der Waals surface area contributed by atoms with E-state index in [2.05, 4.69) is 0 Å². The normalized spacial score (nSPS) is 16.6. The first-order valence-electron chi connectivity index (χ1n) is 4.81. The molecule has 0 aliphatic carbocycles. The summed E-state index contributed by atoms with van der Waals surface area (Å²) < 4.78 is 32.1. The van der Waals surface area contributed by atoms with E-state index in [0.29, 0.717) is 0 Å². The standard InChI is InChI=1S/C10H9NO5S/c12-9-5-6-10(13)11(9)7-1-3-8(4-2-7)17(14,15)16/h1-4H,5-6H2,(H,14,15,16)/p-1. The van der Waals surface area contributed by atoms with Crippen molar-refractivity contribution >= 4 is 27.6 Å². The van der Waals surface area contributed by atoms with E-state index in [9.17, 15) is 22.6 Å². The second-order valence-corrected chi connectivity index (χ2v) is 4.95. The summed E-state index contributed by atoms with van der Waals surface area (Å²) in [6, 6.07) is 4.70. The largest absolute Gasteiger partial charge is 0.744 e. The average Bonchev–Trinajstić information content (AvgIpc) is 2.58. The van der Waals surface area contributed by atoms with Crippen molar-refractivity contribution in [2.24, 2.45) is 0 Å². The van der Waals surface area contributed by atoms with E-state index < -0.39 is 10.1 Å². The fourth-order valence-electron chi connectivity index (χ4n) is 1.63. The summed E-state index contributed by atoms with van der Waals surface area (Å²) in [5.41, 5.74) is 0.282. The Morgan fingerprint density at radius 2 is 1.47 bits per heavy atom. The van der Waals surface area contributed by atoms with Gasteiger partial charge in [-0.3, -0.25) is 14.5 Å². The number of imide groups is 1. The Morgan fingerprint density at radius 3 is 1.88 bits per heavy atom. The minimum Gasteiger partial charge on any atom is -0.744 e. The number of hydrogen-bond acceptors (Lipinski definition) is 5. The third-order valence-electron chi connectivity index (χ3n) is 2.44. The lowest BCUT2D eigenvalue weighted by Crippen LogP contribution is -2.28. The van der Waals surface area contributed by atoms with Gasteiger partial charge in [0.2, 0.25) is 11.8 Å². The van der Waals surface area contributed by atoms with Crippen molar-refractivity contribution in [2.75, 3.05) is 4.90 Å². The van der Waals surface area contributed by atoms with Crippen LogP contribution in [0.3, 0.4) is 0 Å². The number of benzene rings is 1. The van der Waals surface area contributed by atoms with E-state index in [0.717, 1.165) is 17.0 Å². The minimum atomic E-state index is -4.51. The van der Waals surface area contributed by atoms with Crippen LogP contribution in [0.1, 0.15) is 12.8 Å². The lowest BCUT2D eigenvalue weighted by Gasteiger charge is -2.14. The van der Waals surface area contributed by atoms with Crippen molar-refractivity contribution in [1.29, 1.82) is 0 Å². The van der Waals surface area contributed by atoms with Crippen LogP contribution in [0.25, 0.3) is 0 Å². The highest BCUT2D eigenvalue weighted by molar-refractivity contribution is 7.85. The predicted molar refractivity (Wildman–Crippen MR) is 56.1 cm³/mol. The van der Waals surface area contributed by atoms with Crippen molar-refractivity contribution < 1.29 is 22.6 Å². The van der Waals surface area contributed by atoms with Crippen LogP contribution in [0, 0.1) is 0 Å². The van der Waals surface area contributed by atoms with Gasteiger partial charge in [0.05, 0.1) is 10.6 Å². The smallest absolute Gasteiger partial charge is 0.234 e. The average molecular weight is 254 g/mol. The molecule has 0 N–H and O–H groups in total. The second kappa shape index (κ2) is 3.94. The highest BCUT2D eigenvalue weighted by atomic mass is 32.2. The highest BCUT2D eigenvalue weighted by Crippen LogP contribution is 2.23. The summed E-state index contributed by atoms with van der Waals surface area (Å²) >= 11 is 0. The molecule has 90 valence electrons. The zero-order valence-corrected chi connectivity index (χ0v) is 9.44. The third-order valence-corrected chi connectivity index (χ3v) is 3.28. The molecule has 0 bridgehead atoms. The number of carbonyl (C=O) groups excluding carboxylic acids is 2. The number of anilines is 1. The van der Waals surface area contributed by atoms with Gasteiger partial charge in [-0.25, -0.2) is 8.42 Å². The molecule has 1 aliphatic rings. The van der Waals surface area contributed by atoms with E-state index in [1.165, 1.54) is 12.1 Å². The first kappa shape index (κ1) is 11.7. The summed E-state index contributed by atoms with van der Waals surface area (Å²) in [5, 5.41) is 0. The first-order chi connectivity index (χ1) is 7.89. The molecule has 6 nitrogen and oxygen atoms in total. The Labute approximate surface area is 97.6 Å². The number of carbonyl (C=O) groups is 2. The van der Waals surface area contributed by atoms with Gasteiger partial charge in [0.25, 0.3) is 0 Å². The molecule has 1 aromatic carbocycles. The molecule has 0 spiro atoms. The molecule has 17 heavy (non-hydrogen) atoms. The number of hydrogen-bond donors (Lipinski definition) is 0. The Hall–Kier alpha value is -1.73. The molecule has 0 atom stereocenters. The fraction of sp³-hybridized carbons (Fsp3) is 0.200. The van der Waals surface area contributed by atoms with Gasteiger partial charge in [-0.2, -0.15) is 0 Å². The van der Waals surface area contributed by atoms with Crippen molar-refractivity contribution in [3.05, 3.63) is 24.3 Å². The maximum atomic E-state index is 11.4. The van der Waals surface area contributed by atoms with Gasteiger partial charge in [-0.15, -0.1) is 0 Å². The lowest BCUT2D eigenvalue weighted by molar-refractivity contribution is -0.121. The molecule has 0 radical (unpaired) electrons. The summed E-state index contributed by atoms with van der Waals surface area (Å²) in [6.07, 6.45) is 0.306. The van der Waals surface area contributed by atoms with E-state index in [1.807, 2.05) is 0 Å². The van der Waals surface area contributed by atoms with Crippen molar-refractivity contribution in [3.63, 3.8) is 0 Å². The van der Waals surface area contributed by atoms with Crippen molar-refractivity contribution in [2.45, 2.75) is 17.7 Å². The van der Waals surface area contributed by atoms with Crippen LogP contribution in [0.15, 0.2) is 29.2 Å². The van der Waals surface area contributed by atoms with E-state index in [4.69, 9.17) is 0 Å². The molecule has 1 aliphatic heterocycles. The molecule has 7 heteroatoms. The SMILES string of the molecule is O=C1CCC(=O)N1c1ccc(S(=O)(=O)[O-])cc1. The Morgan fingerprint density at radius 1 is 1.00 bits per heavy atom. The molecule has 1 fully saturated rings. The molecule has 0 unspecified atom stereocenters. The second-order valence-electron chi connectivity index (χ2n) is 3.57. The van der Waals surface area contributed by atoms with Gasteiger partial charge in [0.15, 0.2) is 0 Å². The quantitative estimate of drug-likeness (QED) is 0.556. The lowest BCUT2D eigenvalue weighted by atomic mass is 10.3. The first-order valence-corrected chi connectivity index (χ1v) is 6.22. The van der Waals surface area contributed by atoms with Crippen LogP contribution >= 0.6 is 0 Å². The molecular weight excluding hydrogens is 246 g/mol. The molecule has 2 rings (SSSR count). The van der Waals surface area contributed by atoms with Gasteiger partial charge < -0.3 is 4.55 Å². The van der Waals surface area contributed by atoms with Crippen LogP contribution in [-0.4, -0.2) is 24.8 Å². The van der Waals surface area contributed by atoms with Crippen molar-refractivity contribution in [3.8, 4) is 0 Å². The van der Waals surface area contributed by atoms with Crippen LogP contribution in [0.2, 0.25) is 0 Å². The summed E-state index contributed by atoms with van der Waals surface area (Å²) in [4.78, 5) is 23.4. The zero-order valence-electron chi connectivity index (χ0n) is 8.62. The molecule has 1 heterocycles. The molecule has 1 aromatic rings. The molecular formula is C10H8NO5S-. The fourth-order valence-corrected chi connectivity index (χ4v) is 2.10. The summed E-state index contributed by atoms with van der Waals surface area (Å²) in [7, 11) is -4.51. The van der Waals surface area contributed by atoms with Crippen LogP contribution in [0.5, 0.6) is 0 Å². The number of amides is 2. The Bertz CT molecular complexity index is 559. The van der Waals surface area contributed by atoms with Gasteiger partial charge in [0.1, 0.15) is 10.1 Å². The summed E-state index contributed by atoms with van der Waals surface area (Å²) in [5.74, 6) is -0.652. The van der Waals surface area contributed by atoms with Crippen LogP contribution < -0.4 is 4.90 Å². The molecule has 0 aromatic heterocycles. The van der Waals surface area contributed by atoms with Gasteiger partial charge >= 0.3 is 0 Å². The van der Waals surface area contributed by atoms with Crippen LogP contribution in [-0.2, 0) is 19.7 Å². The van der Waals surface area contributed by atoms with Gasteiger partial charge in [-0.1, -0.05) is 0 Å². The maximum absolute atomic E-state index is 11.4. The van der Waals surface area contributed by atoms with Gasteiger partial charge in [0, 0.05) is 12.8 Å².